The van der Waals surface area contributed by atoms with E-state index in [-0.39, 0.29) is 12.1 Å². The summed E-state index contributed by atoms with van der Waals surface area (Å²) in [5.41, 5.74) is 7.91. The summed E-state index contributed by atoms with van der Waals surface area (Å²) >= 11 is 0. The standard InChI is InChI=1S/C14H22N6O/c1-9(2)21-13-7-12(18-14(15)19-13)16-5-6-20-8-17-10(3)11(20)4/h7-9H,5-6H2,1-4H3,(H3,15,16,18,19). The van der Waals surface area contributed by atoms with Gasteiger partial charge in [0.25, 0.3) is 0 Å². The summed E-state index contributed by atoms with van der Waals surface area (Å²) in [5.74, 6) is 1.34. The lowest BCUT2D eigenvalue weighted by Gasteiger charge is -2.12. The van der Waals surface area contributed by atoms with Gasteiger partial charge < -0.3 is 20.4 Å². The van der Waals surface area contributed by atoms with Crippen LogP contribution in [0.25, 0.3) is 0 Å². The van der Waals surface area contributed by atoms with Crippen LogP contribution < -0.4 is 15.8 Å². The average molecular weight is 290 g/mol. The fraction of sp³-hybridized carbons (Fsp3) is 0.500. The summed E-state index contributed by atoms with van der Waals surface area (Å²) in [6, 6.07) is 1.75. The summed E-state index contributed by atoms with van der Waals surface area (Å²) in [4.78, 5) is 12.5. The van der Waals surface area contributed by atoms with E-state index in [4.69, 9.17) is 10.5 Å². The van der Waals surface area contributed by atoms with Gasteiger partial charge in [-0.3, -0.25) is 0 Å². The number of anilines is 2. The van der Waals surface area contributed by atoms with Gasteiger partial charge in [0.05, 0.1) is 18.1 Å². The fourth-order valence-corrected chi connectivity index (χ4v) is 1.91. The van der Waals surface area contributed by atoms with Gasteiger partial charge in [-0.1, -0.05) is 0 Å². The molecule has 7 heteroatoms. The van der Waals surface area contributed by atoms with Crippen LogP contribution in [0, 0.1) is 13.8 Å². The Morgan fingerprint density at radius 3 is 2.71 bits per heavy atom. The molecule has 0 saturated carbocycles. The molecule has 114 valence electrons. The maximum Gasteiger partial charge on any atom is 0.225 e. The van der Waals surface area contributed by atoms with Gasteiger partial charge in [-0.15, -0.1) is 0 Å². The van der Waals surface area contributed by atoms with E-state index in [2.05, 4.69) is 31.8 Å². The van der Waals surface area contributed by atoms with Gasteiger partial charge in [0.1, 0.15) is 5.82 Å². The second-order valence-electron chi connectivity index (χ2n) is 5.15. The van der Waals surface area contributed by atoms with Crippen LogP contribution in [0.2, 0.25) is 0 Å². The van der Waals surface area contributed by atoms with Gasteiger partial charge in [0.15, 0.2) is 0 Å². The Bertz CT molecular complexity index is 608. The predicted molar refractivity (Wildman–Crippen MR) is 82.4 cm³/mol. The molecule has 0 aliphatic heterocycles. The van der Waals surface area contributed by atoms with E-state index < -0.39 is 0 Å². The third-order valence-corrected chi connectivity index (χ3v) is 3.08. The van der Waals surface area contributed by atoms with Crippen LogP contribution in [-0.4, -0.2) is 32.2 Å². The van der Waals surface area contributed by atoms with Gasteiger partial charge in [0.2, 0.25) is 11.8 Å². The Kier molecular flexibility index (Phi) is 4.62. The van der Waals surface area contributed by atoms with Crippen LogP contribution in [-0.2, 0) is 6.54 Å². The molecule has 0 saturated heterocycles. The first-order chi connectivity index (χ1) is 9.95. The lowest BCUT2D eigenvalue weighted by atomic mass is 10.4. The van der Waals surface area contributed by atoms with Crippen molar-refractivity contribution in [3.05, 3.63) is 23.8 Å². The maximum atomic E-state index is 5.69. The molecule has 0 radical (unpaired) electrons. The molecule has 0 aliphatic carbocycles. The number of nitrogens with one attached hydrogen (secondary N) is 1. The Hall–Kier alpha value is -2.31. The predicted octanol–water partition coefficient (Wildman–Crippen LogP) is 1.77. The summed E-state index contributed by atoms with van der Waals surface area (Å²) in [6.07, 6.45) is 1.89. The van der Waals surface area contributed by atoms with Crippen LogP contribution in [0.5, 0.6) is 5.88 Å². The number of nitrogens with two attached hydrogens (primary N) is 1. The molecule has 2 heterocycles. The summed E-state index contributed by atoms with van der Waals surface area (Å²) in [6.45, 7) is 9.45. The molecule has 2 rings (SSSR count). The van der Waals surface area contributed by atoms with Crippen LogP contribution >= 0.6 is 0 Å². The zero-order chi connectivity index (χ0) is 15.4. The minimum atomic E-state index is 0.0451. The van der Waals surface area contributed by atoms with Crippen LogP contribution in [0.4, 0.5) is 11.8 Å². The van der Waals surface area contributed by atoms with E-state index in [1.165, 1.54) is 5.69 Å². The smallest absolute Gasteiger partial charge is 0.225 e. The number of aryl methyl sites for hydroxylation is 1. The Morgan fingerprint density at radius 2 is 2.10 bits per heavy atom. The largest absolute Gasteiger partial charge is 0.475 e. The van der Waals surface area contributed by atoms with E-state index in [1.807, 2.05) is 27.1 Å². The molecule has 7 nitrogen and oxygen atoms in total. The molecule has 2 aromatic heterocycles. The quantitative estimate of drug-likeness (QED) is 0.842. The van der Waals surface area contributed by atoms with E-state index in [0.717, 1.165) is 12.2 Å². The van der Waals surface area contributed by atoms with E-state index in [1.54, 1.807) is 6.07 Å². The minimum Gasteiger partial charge on any atom is -0.475 e. The van der Waals surface area contributed by atoms with Crippen molar-refractivity contribution in [2.24, 2.45) is 0 Å². The molecule has 0 atom stereocenters. The topological polar surface area (TPSA) is 90.9 Å². The van der Waals surface area contributed by atoms with Crippen LogP contribution in [0.1, 0.15) is 25.2 Å². The van der Waals surface area contributed by atoms with Gasteiger partial charge in [-0.25, -0.2) is 4.98 Å². The van der Waals surface area contributed by atoms with Crippen molar-refractivity contribution in [3.63, 3.8) is 0 Å². The molecule has 21 heavy (non-hydrogen) atoms. The molecular weight excluding hydrogens is 268 g/mol. The zero-order valence-corrected chi connectivity index (χ0v) is 12.9. The number of rotatable bonds is 6. The molecule has 0 aliphatic rings. The molecule has 0 aromatic carbocycles. The lowest BCUT2D eigenvalue weighted by Crippen LogP contribution is -2.14. The number of ether oxygens (including phenoxy) is 1. The highest BCUT2D eigenvalue weighted by Gasteiger charge is 2.06. The molecule has 0 spiro atoms. The zero-order valence-electron chi connectivity index (χ0n) is 12.9. The minimum absolute atomic E-state index is 0.0451. The highest BCUT2D eigenvalue weighted by Crippen LogP contribution is 2.15. The van der Waals surface area contributed by atoms with E-state index in [9.17, 15) is 0 Å². The van der Waals surface area contributed by atoms with Gasteiger partial charge >= 0.3 is 0 Å². The summed E-state index contributed by atoms with van der Waals surface area (Å²) in [7, 11) is 0. The number of nitrogen functional groups attached to an aromatic ring is 1. The first-order valence-corrected chi connectivity index (χ1v) is 6.99. The van der Waals surface area contributed by atoms with Crippen molar-refractivity contribution in [2.45, 2.75) is 40.3 Å². The molecular formula is C14H22N6O. The van der Waals surface area contributed by atoms with Gasteiger partial charge in [0, 0.05) is 24.8 Å². The Labute approximate surface area is 124 Å². The summed E-state index contributed by atoms with van der Waals surface area (Å²) < 4.78 is 7.63. The lowest BCUT2D eigenvalue weighted by molar-refractivity contribution is 0.233. The van der Waals surface area contributed by atoms with Crippen molar-refractivity contribution in [1.29, 1.82) is 0 Å². The average Bonchev–Trinajstić information content (AvgIpc) is 2.69. The molecule has 0 fully saturated rings. The van der Waals surface area contributed by atoms with E-state index in [0.29, 0.717) is 18.2 Å². The van der Waals surface area contributed by atoms with Crippen molar-refractivity contribution in [2.75, 3.05) is 17.6 Å². The Morgan fingerprint density at radius 1 is 1.33 bits per heavy atom. The molecule has 0 amide bonds. The number of nitrogens with zero attached hydrogens (tertiary/aromatic N) is 4. The van der Waals surface area contributed by atoms with Gasteiger partial charge in [-0.2, -0.15) is 9.97 Å². The monoisotopic (exact) mass is 290 g/mol. The van der Waals surface area contributed by atoms with Crippen LogP contribution in [0.3, 0.4) is 0 Å². The Balaban J connectivity index is 1.96. The first kappa shape index (κ1) is 15.1. The van der Waals surface area contributed by atoms with Crippen LogP contribution in [0.15, 0.2) is 12.4 Å². The maximum absolute atomic E-state index is 5.69. The highest BCUT2D eigenvalue weighted by molar-refractivity contribution is 5.42. The van der Waals surface area contributed by atoms with Crippen molar-refractivity contribution in [1.82, 2.24) is 19.5 Å². The third-order valence-electron chi connectivity index (χ3n) is 3.08. The number of hydrogen-bond donors (Lipinski definition) is 2. The van der Waals surface area contributed by atoms with Crippen molar-refractivity contribution >= 4 is 11.8 Å². The third kappa shape index (κ3) is 4.08. The normalized spacial score (nSPS) is 10.9. The second-order valence-corrected chi connectivity index (χ2v) is 5.15. The molecule has 3 N–H and O–H groups in total. The number of imidazole rings is 1. The SMILES string of the molecule is Cc1ncn(CCNc2cc(OC(C)C)nc(N)n2)c1C. The van der Waals surface area contributed by atoms with Crippen molar-refractivity contribution < 1.29 is 4.74 Å². The number of aromatic nitrogens is 4. The first-order valence-electron chi connectivity index (χ1n) is 6.99. The molecule has 0 unspecified atom stereocenters. The fourth-order valence-electron chi connectivity index (χ4n) is 1.91. The second kappa shape index (κ2) is 6.43. The molecule has 2 aromatic rings. The van der Waals surface area contributed by atoms with Gasteiger partial charge in [-0.05, 0) is 27.7 Å². The molecule has 0 bridgehead atoms. The van der Waals surface area contributed by atoms with Crippen molar-refractivity contribution in [3.8, 4) is 5.88 Å². The summed E-state index contributed by atoms with van der Waals surface area (Å²) in [5, 5.41) is 3.22. The van der Waals surface area contributed by atoms with E-state index >= 15 is 0 Å². The number of hydrogen-bond acceptors (Lipinski definition) is 6. The highest BCUT2D eigenvalue weighted by atomic mass is 16.5.